The first-order valence-corrected chi connectivity index (χ1v) is 12.9. The van der Waals surface area contributed by atoms with Crippen LogP contribution in [0.2, 0.25) is 5.02 Å². The lowest BCUT2D eigenvalue weighted by atomic mass is 9.86. The van der Waals surface area contributed by atoms with E-state index in [0.29, 0.717) is 39.1 Å². The van der Waals surface area contributed by atoms with Gasteiger partial charge in [-0.05, 0) is 61.4 Å². The summed E-state index contributed by atoms with van der Waals surface area (Å²) in [7, 11) is 0. The highest BCUT2D eigenvalue weighted by atomic mass is 35.5. The second-order valence-electron chi connectivity index (χ2n) is 9.61. The maximum Gasteiger partial charge on any atom is 0.268 e. The summed E-state index contributed by atoms with van der Waals surface area (Å²) in [6, 6.07) is 26.6. The molecule has 4 N–H and O–H groups in total. The third-order valence-corrected chi connectivity index (χ3v) is 7.18. The highest BCUT2D eigenvalue weighted by molar-refractivity contribution is 6.30. The topological polar surface area (TPSA) is 110 Å². The van der Waals surface area contributed by atoms with Gasteiger partial charge in [0.25, 0.3) is 11.1 Å². The summed E-state index contributed by atoms with van der Waals surface area (Å²) >= 11 is 6.08. The standard InChI is InChI=1S/C31H25ClN4O3/c1-17-3-7-20(8-4-17)28-26(30(37)35-33-28)25(24-16-15-23(39-24)19-11-13-22(32)14-12-19)27-29(34-36-31(27)38)21-9-5-18(2)6-10-21/h3-16,25H,1-2H3,(H2,33,35,37)(H2,34,36,38). The number of hydrogen-bond donors (Lipinski definition) is 4. The Morgan fingerprint density at radius 1 is 0.590 bits per heavy atom. The van der Waals surface area contributed by atoms with E-state index in [9.17, 15) is 9.59 Å². The highest BCUT2D eigenvalue weighted by Gasteiger charge is 2.33. The van der Waals surface area contributed by atoms with Gasteiger partial charge < -0.3 is 4.42 Å². The minimum atomic E-state index is -0.816. The molecule has 0 radical (unpaired) electrons. The van der Waals surface area contributed by atoms with E-state index in [2.05, 4.69) is 20.4 Å². The van der Waals surface area contributed by atoms with Crippen molar-refractivity contribution < 1.29 is 4.42 Å². The van der Waals surface area contributed by atoms with E-state index in [1.165, 1.54) is 0 Å². The van der Waals surface area contributed by atoms with E-state index in [-0.39, 0.29) is 11.1 Å². The van der Waals surface area contributed by atoms with Crippen LogP contribution >= 0.6 is 11.6 Å². The summed E-state index contributed by atoms with van der Waals surface area (Å²) in [6.07, 6.45) is 0. The maximum atomic E-state index is 13.4. The fourth-order valence-electron chi connectivity index (χ4n) is 4.89. The van der Waals surface area contributed by atoms with Gasteiger partial charge in [-0.2, -0.15) is 0 Å². The number of furan rings is 1. The summed E-state index contributed by atoms with van der Waals surface area (Å²) in [6.45, 7) is 4.00. The van der Waals surface area contributed by atoms with Crippen molar-refractivity contribution in [3.8, 4) is 33.8 Å². The zero-order chi connectivity index (χ0) is 27.1. The molecule has 0 unspecified atom stereocenters. The van der Waals surface area contributed by atoms with Crippen LogP contribution in [0.3, 0.4) is 0 Å². The van der Waals surface area contributed by atoms with Crippen molar-refractivity contribution in [2.75, 3.05) is 0 Å². The molecule has 0 bridgehead atoms. The Hall–Kier alpha value is -4.75. The van der Waals surface area contributed by atoms with Gasteiger partial charge in [0.1, 0.15) is 11.5 Å². The SMILES string of the molecule is Cc1ccc(-c2[nH][nH]c(=O)c2C(c2ccc(-c3ccc(Cl)cc3)o2)c2c(-c3ccc(C)cc3)[nH][nH]c2=O)cc1. The zero-order valence-electron chi connectivity index (χ0n) is 21.3. The van der Waals surface area contributed by atoms with E-state index >= 15 is 0 Å². The third-order valence-electron chi connectivity index (χ3n) is 6.93. The van der Waals surface area contributed by atoms with Crippen LogP contribution in [0, 0.1) is 13.8 Å². The van der Waals surface area contributed by atoms with Crippen LogP contribution in [0.1, 0.15) is 33.9 Å². The molecule has 0 fully saturated rings. The van der Waals surface area contributed by atoms with E-state index in [4.69, 9.17) is 16.0 Å². The van der Waals surface area contributed by atoms with Crippen LogP contribution in [0.4, 0.5) is 0 Å². The van der Waals surface area contributed by atoms with Gasteiger partial charge in [-0.15, -0.1) is 0 Å². The second-order valence-corrected chi connectivity index (χ2v) is 10.0. The highest BCUT2D eigenvalue weighted by Crippen LogP contribution is 2.39. The Kier molecular flexibility index (Phi) is 6.21. The Balaban J connectivity index is 1.59. The molecule has 3 aromatic heterocycles. The summed E-state index contributed by atoms with van der Waals surface area (Å²) < 4.78 is 6.37. The van der Waals surface area contributed by atoms with E-state index in [1.807, 2.05) is 86.6 Å². The molecule has 6 aromatic rings. The van der Waals surface area contributed by atoms with E-state index in [1.54, 1.807) is 12.1 Å². The molecule has 7 nitrogen and oxygen atoms in total. The maximum absolute atomic E-state index is 13.4. The van der Waals surface area contributed by atoms with Crippen LogP contribution < -0.4 is 11.1 Å². The molecule has 0 aliphatic heterocycles. The Labute approximate surface area is 228 Å². The molecular formula is C31H25ClN4O3. The number of aromatic amines is 4. The molecule has 0 atom stereocenters. The van der Waals surface area contributed by atoms with E-state index in [0.717, 1.165) is 27.8 Å². The number of H-pyrrole nitrogens is 4. The molecule has 6 rings (SSSR count). The van der Waals surface area contributed by atoms with Gasteiger partial charge in [-0.25, -0.2) is 0 Å². The first kappa shape index (κ1) is 24.6. The van der Waals surface area contributed by atoms with Gasteiger partial charge in [0.2, 0.25) is 0 Å². The smallest absolute Gasteiger partial charge is 0.268 e. The molecule has 0 spiro atoms. The molecule has 0 saturated heterocycles. The summed E-state index contributed by atoms with van der Waals surface area (Å²) in [5.74, 6) is 0.236. The number of aromatic nitrogens is 4. The lowest BCUT2D eigenvalue weighted by molar-refractivity contribution is 0.515. The number of aryl methyl sites for hydroxylation is 2. The molecule has 8 heteroatoms. The molecule has 0 aliphatic carbocycles. The first-order chi connectivity index (χ1) is 18.9. The van der Waals surface area contributed by atoms with Gasteiger partial charge in [0, 0.05) is 10.6 Å². The molecular weight excluding hydrogens is 512 g/mol. The predicted octanol–water partition coefficient (Wildman–Crippen LogP) is 6.76. The lowest BCUT2D eigenvalue weighted by Crippen LogP contribution is -2.19. The molecule has 194 valence electrons. The Morgan fingerprint density at radius 3 is 1.54 bits per heavy atom. The van der Waals surface area contributed by atoms with Gasteiger partial charge in [-0.1, -0.05) is 71.3 Å². The van der Waals surface area contributed by atoms with Crippen LogP contribution in [0.5, 0.6) is 0 Å². The number of rotatable bonds is 6. The number of nitrogens with one attached hydrogen (secondary N) is 4. The average molecular weight is 537 g/mol. The minimum Gasteiger partial charge on any atom is -0.460 e. The van der Waals surface area contributed by atoms with Crippen molar-refractivity contribution in [3.63, 3.8) is 0 Å². The summed E-state index contributed by atoms with van der Waals surface area (Å²) in [5.41, 5.74) is 5.91. The van der Waals surface area contributed by atoms with Crippen LogP contribution in [-0.4, -0.2) is 20.4 Å². The largest absolute Gasteiger partial charge is 0.460 e. The average Bonchev–Trinajstić information content (AvgIpc) is 3.67. The molecule has 0 aliphatic rings. The van der Waals surface area contributed by atoms with Crippen LogP contribution in [0.15, 0.2) is 98.9 Å². The Morgan fingerprint density at radius 2 is 1.05 bits per heavy atom. The zero-order valence-corrected chi connectivity index (χ0v) is 22.0. The monoisotopic (exact) mass is 536 g/mol. The normalized spacial score (nSPS) is 11.4. The summed E-state index contributed by atoms with van der Waals surface area (Å²) in [4.78, 5) is 26.9. The molecule has 0 amide bonds. The first-order valence-electron chi connectivity index (χ1n) is 12.5. The fourth-order valence-corrected chi connectivity index (χ4v) is 5.01. The van der Waals surface area contributed by atoms with Crippen LogP contribution in [0.25, 0.3) is 33.8 Å². The number of benzene rings is 3. The number of hydrogen-bond acceptors (Lipinski definition) is 3. The van der Waals surface area contributed by atoms with Crippen molar-refractivity contribution in [1.29, 1.82) is 0 Å². The van der Waals surface area contributed by atoms with E-state index < -0.39 is 5.92 Å². The molecule has 3 heterocycles. The molecule has 3 aromatic carbocycles. The van der Waals surface area contributed by atoms with Gasteiger partial charge in [-0.3, -0.25) is 30.0 Å². The molecule has 39 heavy (non-hydrogen) atoms. The number of halogens is 1. The van der Waals surface area contributed by atoms with Crippen molar-refractivity contribution in [2.45, 2.75) is 19.8 Å². The predicted molar refractivity (Wildman–Crippen MR) is 153 cm³/mol. The van der Waals surface area contributed by atoms with Crippen molar-refractivity contribution >= 4 is 11.6 Å². The third kappa shape index (κ3) is 4.57. The van der Waals surface area contributed by atoms with Crippen molar-refractivity contribution in [1.82, 2.24) is 20.4 Å². The van der Waals surface area contributed by atoms with Crippen molar-refractivity contribution in [2.24, 2.45) is 0 Å². The second kappa shape index (κ2) is 9.85. The quantitative estimate of drug-likeness (QED) is 0.188. The van der Waals surface area contributed by atoms with Gasteiger partial charge in [0.15, 0.2) is 0 Å². The lowest BCUT2D eigenvalue weighted by Gasteiger charge is -2.15. The summed E-state index contributed by atoms with van der Waals surface area (Å²) in [5, 5.41) is 12.2. The van der Waals surface area contributed by atoms with Gasteiger partial charge in [0.05, 0.1) is 28.4 Å². The van der Waals surface area contributed by atoms with Crippen LogP contribution in [-0.2, 0) is 0 Å². The Bertz CT molecular complexity index is 1770. The molecule has 0 saturated carbocycles. The minimum absolute atomic E-state index is 0.338. The van der Waals surface area contributed by atoms with Crippen molar-refractivity contribution in [3.05, 3.63) is 139 Å². The fraction of sp³-hybridized carbons (Fsp3) is 0.0968. The van der Waals surface area contributed by atoms with Gasteiger partial charge >= 0.3 is 0 Å².